The van der Waals surface area contributed by atoms with Gasteiger partial charge < -0.3 is 24.8 Å². The second-order valence-electron chi connectivity index (χ2n) is 8.03. The van der Waals surface area contributed by atoms with E-state index >= 15 is 0 Å². The normalized spacial score (nSPS) is 14.4. The van der Waals surface area contributed by atoms with E-state index in [1.165, 1.54) is 0 Å². The number of halogens is 4. The average Bonchev–Trinajstić information content (AvgIpc) is 2.76. The van der Waals surface area contributed by atoms with Crippen molar-refractivity contribution in [1.29, 1.82) is 0 Å². The summed E-state index contributed by atoms with van der Waals surface area (Å²) >= 11 is 6.35. The number of ether oxygens (including phenoxy) is 2. The number of rotatable bonds is 7. The Labute approximate surface area is 201 Å². The van der Waals surface area contributed by atoms with Gasteiger partial charge in [-0.3, -0.25) is 4.98 Å². The van der Waals surface area contributed by atoms with Crippen molar-refractivity contribution in [2.75, 3.05) is 40.3 Å². The molecule has 1 aliphatic heterocycles. The molecule has 1 aliphatic rings. The van der Waals surface area contributed by atoms with Crippen molar-refractivity contribution in [1.82, 2.24) is 15.2 Å². The van der Waals surface area contributed by atoms with Crippen LogP contribution >= 0.6 is 11.6 Å². The molecule has 0 bridgehead atoms. The van der Waals surface area contributed by atoms with Gasteiger partial charge in [0.15, 0.2) is 0 Å². The number of aromatic nitrogens is 1. The molecule has 2 N–H and O–H groups in total. The number of pyridine rings is 1. The molecule has 2 heterocycles. The highest BCUT2D eigenvalue weighted by molar-refractivity contribution is 6.31. The number of aryl methyl sites for hydroxylation is 1. The topological polar surface area (TPSA) is 83.9 Å². The van der Waals surface area contributed by atoms with E-state index in [0.29, 0.717) is 11.6 Å². The van der Waals surface area contributed by atoms with Crippen molar-refractivity contribution < 1.29 is 32.5 Å². The highest BCUT2D eigenvalue weighted by atomic mass is 35.5. The van der Waals surface area contributed by atoms with Crippen molar-refractivity contribution in [3.05, 3.63) is 41.2 Å². The summed E-state index contributed by atoms with van der Waals surface area (Å²) < 4.78 is 44.0. The summed E-state index contributed by atoms with van der Waals surface area (Å²) in [5.41, 5.74) is 2.95. The van der Waals surface area contributed by atoms with E-state index < -0.39 is 12.1 Å². The number of nitrogens with zero attached hydrogens (tertiary/aromatic N) is 2. The number of aliphatic carboxylic acids is 1. The van der Waals surface area contributed by atoms with Crippen molar-refractivity contribution in [2.24, 2.45) is 0 Å². The first-order valence-corrected chi connectivity index (χ1v) is 11.1. The number of hydrogen-bond acceptors (Lipinski definition) is 6. The van der Waals surface area contributed by atoms with Gasteiger partial charge in [0.1, 0.15) is 24.2 Å². The summed E-state index contributed by atoms with van der Waals surface area (Å²) in [6, 6.07) is 5.90. The zero-order chi connectivity index (χ0) is 25.3. The largest absolute Gasteiger partial charge is 0.491 e. The fraction of sp³-hybridized carbons (Fsp3) is 0.478. The van der Waals surface area contributed by atoms with Crippen LogP contribution in [0.25, 0.3) is 11.1 Å². The third-order valence-electron chi connectivity index (χ3n) is 4.88. The number of likely N-dealkylation sites (N-methyl/N-ethyl adjacent to an activating group) is 1. The molecule has 0 atom stereocenters. The molecule has 188 valence electrons. The Balaban J connectivity index is 0.000000509. The third kappa shape index (κ3) is 9.00. The molecular formula is C23H29ClF3N3O4. The van der Waals surface area contributed by atoms with E-state index in [1.54, 1.807) is 6.20 Å². The van der Waals surface area contributed by atoms with Gasteiger partial charge in [-0.25, -0.2) is 4.79 Å². The monoisotopic (exact) mass is 503 g/mol. The lowest BCUT2D eigenvalue weighted by Gasteiger charge is -2.26. The van der Waals surface area contributed by atoms with Crippen LogP contribution < -0.4 is 14.8 Å². The summed E-state index contributed by atoms with van der Waals surface area (Å²) in [6.45, 7) is 5.49. The third-order valence-corrected chi connectivity index (χ3v) is 5.10. The molecule has 1 fully saturated rings. The van der Waals surface area contributed by atoms with Gasteiger partial charge in [0.25, 0.3) is 0 Å². The standard InChI is InChI=1S/C21H28ClN3O2.C2HF3O2/c1-15-10-17(22)12-20(21(15)27-18-4-6-23-7-5-18)16-11-19(14-24-13-16)26-9-8-25(2)3;3-2(4,5)1(6)7/h10-14,18,23H,4-9H2,1-3H3;(H,6,7). The van der Waals surface area contributed by atoms with Crippen LogP contribution in [0.2, 0.25) is 5.02 Å². The maximum absolute atomic E-state index is 10.6. The van der Waals surface area contributed by atoms with Gasteiger partial charge in [-0.05, 0) is 70.7 Å². The first-order valence-electron chi connectivity index (χ1n) is 10.7. The summed E-state index contributed by atoms with van der Waals surface area (Å²) in [5.74, 6) is -1.12. The van der Waals surface area contributed by atoms with Crippen LogP contribution in [0.1, 0.15) is 18.4 Å². The lowest BCUT2D eigenvalue weighted by molar-refractivity contribution is -0.192. The van der Waals surface area contributed by atoms with Crippen LogP contribution in [0.5, 0.6) is 11.5 Å². The number of carbonyl (C=O) groups is 1. The SMILES string of the molecule is Cc1cc(Cl)cc(-c2cncc(OCCN(C)C)c2)c1OC1CCNCC1.O=C(O)C(F)(F)F. The highest BCUT2D eigenvalue weighted by Crippen LogP contribution is 2.38. The molecule has 1 aromatic carbocycles. The summed E-state index contributed by atoms with van der Waals surface area (Å²) in [4.78, 5) is 15.3. The molecular weight excluding hydrogens is 475 g/mol. The van der Waals surface area contributed by atoms with Gasteiger partial charge in [-0.2, -0.15) is 13.2 Å². The second-order valence-corrected chi connectivity index (χ2v) is 8.47. The number of piperidine rings is 1. The van der Waals surface area contributed by atoms with E-state index in [9.17, 15) is 13.2 Å². The molecule has 0 saturated carbocycles. The Morgan fingerprint density at radius 1 is 1.24 bits per heavy atom. The average molecular weight is 504 g/mol. The van der Waals surface area contributed by atoms with E-state index in [4.69, 9.17) is 31.0 Å². The van der Waals surface area contributed by atoms with Crippen molar-refractivity contribution in [3.63, 3.8) is 0 Å². The summed E-state index contributed by atoms with van der Waals surface area (Å²) in [5, 5.41) is 11.2. The molecule has 1 aromatic heterocycles. The molecule has 3 rings (SSSR count). The van der Waals surface area contributed by atoms with Crippen molar-refractivity contribution in [3.8, 4) is 22.6 Å². The number of nitrogens with one attached hydrogen (secondary N) is 1. The Kier molecular flexibility index (Phi) is 10.4. The molecule has 0 spiro atoms. The number of benzene rings is 1. The van der Waals surface area contributed by atoms with Gasteiger partial charge in [-0.15, -0.1) is 0 Å². The Bertz CT molecular complexity index is 952. The van der Waals surface area contributed by atoms with E-state index in [0.717, 1.165) is 60.7 Å². The quantitative estimate of drug-likeness (QED) is 0.579. The Morgan fingerprint density at radius 3 is 2.47 bits per heavy atom. The van der Waals surface area contributed by atoms with Crippen LogP contribution in [-0.2, 0) is 4.79 Å². The fourth-order valence-electron chi connectivity index (χ4n) is 3.17. The molecule has 2 aromatic rings. The summed E-state index contributed by atoms with van der Waals surface area (Å²) in [7, 11) is 4.05. The first-order chi connectivity index (χ1) is 16.0. The zero-order valence-electron chi connectivity index (χ0n) is 19.3. The minimum atomic E-state index is -5.08. The summed E-state index contributed by atoms with van der Waals surface area (Å²) in [6.07, 6.45) is 0.724. The molecule has 1 saturated heterocycles. The van der Waals surface area contributed by atoms with Crippen LogP contribution in [0.3, 0.4) is 0 Å². The maximum atomic E-state index is 10.6. The molecule has 34 heavy (non-hydrogen) atoms. The van der Waals surface area contributed by atoms with Crippen molar-refractivity contribution >= 4 is 17.6 Å². The lowest BCUT2D eigenvalue weighted by atomic mass is 10.0. The van der Waals surface area contributed by atoms with Gasteiger partial charge in [-0.1, -0.05) is 11.6 Å². The predicted molar refractivity (Wildman–Crippen MR) is 124 cm³/mol. The zero-order valence-corrected chi connectivity index (χ0v) is 20.0. The molecule has 0 radical (unpaired) electrons. The number of alkyl halides is 3. The van der Waals surface area contributed by atoms with E-state index in [1.807, 2.05) is 45.4 Å². The maximum Gasteiger partial charge on any atom is 0.490 e. The Hall–Kier alpha value is -2.56. The van der Waals surface area contributed by atoms with E-state index in [-0.39, 0.29) is 6.10 Å². The molecule has 0 amide bonds. The van der Waals surface area contributed by atoms with Gasteiger partial charge in [0.2, 0.25) is 0 Å². The smallest absolute Gasteiger partial charge is 0.490 e. The van der Waals surface area contributed by atoms with Crippen molar-refractivity contribution in [2.45, 2.75) is 32.0 Å². The Morgan fingerprint density at radius 2 is 1.88 bits per heavy atom. The molecule has 0 unspecified atom stereocenters. The van der Waals surface area contributed by atoms with Crippen LogP contribution in [0.15, 0.2) is 30.6 Å². The van der Waals surface area contributed by atoms with Gasteiger partial charge in [0, 0.05) is 28.9 Å². The minimum Gasteiger partial charge on any atom is -0.491 e. The van der Waals surface area contributed by atoms with Crippen LogP contribution in [-0.4, -0.2) is 73.6 Å². The van der Waals surface area contributed by atoms with Crippen LogP contribution in [0, 0.1) is 6.92 Å². The molecule has 7 nitrogen and oxygen atoms in total. The minimum absolute atomic E-state index is 0.220. The highest BCUT2D eigenvalue weighted by Gasteiger charge is 2.38. The van der Waals surface area contributed by atoms with Crippen LogP contribution in [0.4, 0.5) is 13.2 Å². The number of carboxylic acid groups (broad SMARTS) is 1. The van der Waals surface area contributed by atoms with E-state index in [2.05, 4.69) is 15.2 Å². The molecule has 0 aliphatic carbocycles. The molecule has 11 heteroatoms. The van der Waals surface area contributed by atoms with Gasteiger partial charge >= 0.3 is 12.1 Å². The predicted octanol–water partition coefficient (Wildman–Crippen LogP) is 4.41. The lowest BCUT2D eigenvalue weighted by Crippen LogP contribution is -2.34. The first kappa shape index (κ1) is 27.7. The fourth-order valence-corrected chi connectivity index (χ4v) is 3.44. The van der Waals surface area contributed by atoms with Gasteiger partial charge in [0.05, 0.1) is 6.20 Å². The second kappa shape index (κ2) is 12.8. The number of hydrogen-bond donors (Lipinski definition) is 2. The number of carboxylic acids is 1.